The molecule has 2 aromatic carbocycles. The van der Waals surface area contributed by atoms with E-state index < -0.39 is 20.7 Å². The normalized spacial score (nSPS) is 11.2. The van der Waals surface area contributed by atoms with Gasteiger partial charge in [0, 0.05) is 15.7 Å². The molecule has 0 bridgehead atoms. The minimum atomic E-state index is -4.06. The molecule has 2 rings (SSSR count). The van der Waals surface area contributed by atoms with Crippen LogP contribution in [0.3, 0.4) is 0 Å². The second kappa shape index (κ2) is 5.95. The molecule has 0 saturated carbocycles. The highest BCUT2D eigenvalue weighted by Crippen LogP contribution is 2.22. The first kappa shape index (κ1) is 15.7. The Labute approximate surface area is 130 Å². The third-order valence-corrected chi connectivity index (χ3v) is 4.61. The molecular formula is C14H11BrFNO3S. The third kappa shape index (κ3) is 3.68. The van der Waals surface area contributed by atoms with Gasteiger partial charge >= 0.3 is 0 Å². The molecule has 0 aliphatic carbocycles. The molecule has 0 spiro atoms. The van der Waals surface area contributed by atoms with E-state index in [1.807, 2.05) is 0 Å². The lowest BCUT2D eigenvalue weighted by Crippen LogP contribution is -2.14. The van der Waals surface area contributed by atoms with E-state index in [1.54, 1.807) is 12.1 Å². The van der Waals surface area contributed by atoms with Crippen molar-refractivity contribution < 1.29 is 17.6 Å². The van der Waals surface area contributed by atoms with Gasteiger partial charge in [-0.05, 0) is 37.3 Å². The quantitative estimate of drug-likeness (QED) is 0.835. The molecule has 0 heterocycles. The van der Waals surface area contributed by atoms with Gasteiger partial charge in [0.2, 0.25) is 0 Å². The van der Waals surface area contributed by atoms with Crippen molar-refractivity contribution >= 4 is 37.4 Å². The van der Waals surface area contributed by atoms with E-state index in [0.29, 0.717) is 10.0 Å². The summed E-state index contributed by atoms with van der Waals surface area (Å²) in [6, 6.07) is 9.67. The lowest BCUT2D eigenvalue weighted by Gasteiger charge is -2.09. The fraction of sp³-hybridized carbons (Fsp3) is 0.0714. The van der Waals surface area contributed by atoms with E-state index in [9.17, 15) is 17.6 Å². The lowest BCUT2D eigenvalue weighted by molar-refractivity contribution is 0.101. The van der Waals surface area contributed by atoms with Crippen molar-refractivity contribution in [2.75, 3.05) is 4.72 Å². The highest BCUT2D eigenvalue weighted by Gasteiger charge is 2.19. The molecule has 110 valence electrons. The summed E-state index contributed by atoms with van der Waals surface area (Å²) < 4.78 is 40.8. The first-order chi connectivity index (χ1) is 9.79. The van der Waals surface area contributed by atoms with Crippen LogP contribution in [0.15, 0.2) is 51.8 Å². The van der Waals surface area contributed by atoms with Crippen LogP contribution in [0.1, 0.15) is 17.3 Å². The summed E-state index contributed by atoms with van der Waals surface area (Å²) in [7, 11) is -4.06. The number of nitrogens with one attached hydrogen (secondary N) is 1. The summed E-state index contributed by atoms with van der Waals surface area (Å²) in [6.45, 7) is 1.38. The van der Waals surface area contributed by atoms with Crippen molar-refractivity contribution in [3.8, 4) is 0 Å². The molecule has 0 fully saturated rings. The summed E-state index contributed by atoms with van der Waals surface area (Å²) in [5.41, 5.74) is 0.566. The second-order valence-corrected chi connectivity index (χ2v) is 6.88. The Morgan fingerprint density at radius 2 is 1.90 bits per heavy atom. The molecule has 0 atom stereocenters. The topological polar surface area (TPSA) is 63.2 Å². The number of anilines is 1. The maximum absolute atomic E-state index is 13.8. The third-order valence-electron chi connectivity index (χ3n) is 2.70. The van der Waals surface area contributed by atoms with Gasteiger partial charge in [-0.1, -0.05) is 28.1 Å². The molecule has 0 aliphatic heterocycles. The number of hydrogen-bond acceptors (Lipinski definition) is 3. The molecule has 0 amide bonds. The van der Waals surface area contributed by atoms with Gasteiger partial charge < -0.3 is 0 Å². The van der Waals surface area contributed by atoms with Crippen LogP contribution in [0, 0.1) is 5.82 Å². The van der Waals surface area contributed by atoms with Crippen LogP contribution in [0.4, 0.5) is 10.1 Å². The molecule has 0 unspecified atom stereocenters. The first-order valence-electron chi connectivity index (χ1n) is 5.88. The zero-order chi connectivity index (χ0) is 15.6. The number of hydrogen-bond donors (Lipinski definition) is 1. The van der Waals surface area contributed by atoms with Crippen LogP contribution in [0.25, 0.3) is 0 Å². The van der Waals surface area contributed by atoms with Gasteiger partial charge in [-0.2, -0.15) is 0 Å². The fourth-order valence-corrected chi connectivity index (χ4v) is 3.15. The number of rotatable bonds is 4. The molecule has 1 N–H and O–H groups in total. The van der Waals surface area contributed by atoms with Gasteiger partial charge in [0.1, 0.15) is 10.7 Å². The number of sulfonamides is 1. The number of ketones is 1. The van der Waals surface area contributed by atoms with Gasteiger partial charge in [0.25, 0.3) is 10.0 Å². The average molecular weight is 372 g/mol. The SMILES string of the molecule is CC(=O)c1cccc(NS(=O)(=O)c2ccc(Br)cc2F)c1. The minimum Gasteiger partial charge on any atom is -0.295 e. The summed E-state index contributed by atoms with van der Waals surface area (Å²) in [5, 5.41) is 0. The molecule has 21 heavy (non-hydrogen) atoms. The van der Waals surface area contributed by atoms with Crippen molar-refractivity contribution in [2.45, 2.75) is 11.8 Å². The standard InChI is InChI=1S/C14H11BrFNO3S/c1-9(18)10-3-2-4-12(7-10)17-21(19,20)14-6-5-11(15)8-13(14)16/h2-8,17H,1H3. The van der Waals surface area contributed by atoms with E-state index in [2.05, 4.69) is 20.7 Å². The summed E-state index contributed by atoms with van der Waals surface area (Å²) >= 11 is 3.06. The largest absolute Gasteiger partial charge is 0.295 e. The van der Waals surface area contributed by atoms with Crippen LogP contribution in [0.5, 0.6) is 0 Å². The Bertz CT molecular complexity index is 806. The van der Waals surface area contributed by atoms with Gasteiger partial charge in [0.15, 0.2) is 5.78 Å². The number of benzene rings is 2. The number of halogens is 2. The Morgan fingerprint density at radius 3 is 2.52 bits per heavy atom. The fourth-order valence-electron chi connectivity index (χ4n) is 1.70. The van der Waals surface area contributed by atoms with Crippen molar-refractivity contribution in [3.05, 3.63) is 58.3 Å². The molecule has 0 aromatic heterocycles. The van der Waals surface area contributed by atoms with Crippen molar-refractivity contribution in [3.63, 3.8) is 0 Å². The second-order valence-electron chi connectivity index (χ2n) is 4.32. The van der Waals surface area contributed by atoms with E-state index >= 15 is 0 Å². The predicted octanol–water partition coefficient (Wildman–Crippen LogP) is 3.59. The van der Waals surface area contributed by atoms with E-state index in [1.165, 1.54) is 25.1 Å². The maximum atomic E-state index is 13.8. The monoisotopic (exact) mass is 371 g/mol. The Morgan fingerprint density at radius 1 is 1.19 bits per heavy atom. The minimum absolute atomic E-state index is 0.189. The molecule has 0 aliphatic rings. The van der Waals surface area contributed by atoms with Crippen molar-refractivity contribution in [1.82, 2.24) is 0 Å². The van der Waals surface area contributed by atoms with Gasteiger partial charge in [-0.25, -0.2) is 12.8 Å². The highest BCUT2D eigenvalue weighted by molar-refractivity contribution is 9.10. The molecule has 0 saturated heterocycles. The predicted molar refractivity (Wildman–Crippen MR) is 81.4 cm³/mol. The molecular weight excluding hydrogens is 361 g/mol. The zero-order valence-electron chi connectivity index (χ0n) is 10.9. The van der Waals surface area contributed by atoms with Gasteiger partial charge in [-0.15, -0.1) is 0 Å². The smallest absolute Gasteiger partial charge is 0.264 e. The molecule has 4 nitrogen and oxygen atoms in total. The first-order valence-corrected chi connectivity index (χ1v) is 8.16. The molecule has 7 heteroatoms. The van der Waals surface area contributed by atoms with Crippen LogP contribution in [-0.2, 0) is 10.0 Å². The maximum Gasteiger partial charge on any atom is 0.264 e. The Kier molecular flexibility index (Phi) is 4.43. The van der Waals surface area contributed by atoms with Crippen LogP contribution < -0.4 is 4.72 Å². The van der Waals surface area contributed by atoms with Crippen molar-refractivity contribution in [2.24, 2.45) is 0 Å². The van der Waals surface area contributed by atoms with E-state index in [4.69, 9.17) is 0 Å². The van der Waals surface area contributed by atoms with Gasteiger partial charge in [-0.3, -0.25) is 9.52 Å². The molecule has 2 aromatic rings. The van der Waals surface area contributed by atoms with Crippen LogP contribution in [-0.4, -0.2) is 14.2 Å². The average Bonchev–Trinajstić information content (AvgIpc) is 2.37. The van der Waals surface area contributed by atoms with Crippen LogP contribution >= 0.6 is 15.9 Å². The summed E-state index contributed by atoms with van der Waals surface area (Å²) in [5.74, 6) is -1.05. The Hall–Kier alpha value is -1.73. The Balaban J connectivity index is 2.37. The van der Waals surface area contributed by atoms with Crippen molar-refractivity contribution in [1.29, 1.82) is 0 Å². The van der Waals surface area contributed by atoms with E-state index in [0.717, 1.165) is 12.1 Å². The number of carbonyl (C=O) groups excluding carboxylic acids is 1. The highest BCUT2D eigenvalue weighted by atomic mass is 79.9. The lowest BCUT2D eigenvalue weighted by atomic mass is 10.1. The summed E-state index contributed by atoms with van der Waals surface area (Å²) in [6.07, 6.45) is 0. The zero-order valence-corrected chi connectivity index (χ0v) is 13.3. The van der Waals surface area contributed by atoms with Crippen LogP contribution in [0.2, 0.25) is 0 Å². The van der Waals surface area contributed by atoms with Gasteiger partial charge in [0.05, 0.1) is 0 Å². The number of Topliss-reactive ketones (excluding diaryl/α,β-unsaturated/α-hetero) is 1. The molecule has 0 radical (unpaired) electrons. The summed E-state index contributed by atoms with van der Waals surface area (Å²) in [4.78, 5) is 10.8. The number of carbonyl (C=O) groups is 1. The van der Waals surface area contributed by atoms with E-state index in [-0.39, 0.29) is 11.5 Å².